The van der Waals surface area contributed by atoms with Gasteiger partial charge in [-0.25, -0.2) is 9.59 Å². The fourth-order valence-corrected chi connectivity index (χ4v) is 2.75. The van der Waals surface area contributed by atoms with E-state index in [1.807, 2.05) is 6.92 Å². The second-order valence-corrected chi connectivity index (χ2v) is 5.24. The smallest absolute Gasteiger partial charge is 0.326 e. The van der Waals surface area contributed by atoms with Gasteiger partial charge in [0.05, 0.1) is 0 Å². The first kappa shape index (κ1) is 16.8. The van der Waals surface area contributed by atoms with Crippen molar-refractivity contribution in [2.45, 2.75) is 52.1 Å². The monoisotopic (exact) mass is 285 g/mol. The second-order valence-electron chi connectivity index (χ2n) is 5.24. The highest BCUT2D eigenvalue weighted by molar-refractivity contribution is 5.82. The largest absolute Gasteiger partial charge is 0.480 e. The van der Waals surface area contributed by atoms with Gasteiger partial charge in [0, 0.05) is 19.1 Å². The van der Waals surface area contributed by atoms with Gasteiger partial charge in [-0.3, -0.25) is 4.90 Å². The van der Waals surface area contributed by atoms with Gasteiger partial charge in [-0.2, -0.15) is 0 Å². The van der Waals surface area contributed by atoms with Crippen LogP contribution >= 0.6 is 0 Å². The van der Waals surface area contributed by atoms with Crippen molar-refractivity contribution in [2.24, 2.45) is 0 Å². The Balaban J connectivity index is 2.51. The number of nitrogens with one attached hydrogen (secondary N) is 1. The molecule has 0 spiro atoms. The van der Waals surface area contributed by atoms with Crippen LogP contribution in [0.25, 0.3) is 0 Å². The minimum absolute atomic E-state index is 0.250. The van der Waals surface area contributed by atoms with Gasteiger partial charge in [0.25, 0.3) is 0 Å². The molecule has 2 amide bonds. The molecule has 116 valence electrons. The maximum absolute atomic E-state index is 12.1. The lowest BCUT2D eigenvalue weighted by Gasteiger charge is -2.26. The summed E-state index contributed by atoms with van der Waals surface area (Å²) in [6.07, 6.45) is 2.16. The number of carboxylic acid groups (broad SMARTS) is 1. The molecule has 1 heterocycles. The predicted octanol–water partition coefficient (Wildman–Crippen LogP) is 1.37. The Labute approximate surface area is 121 Å². The third kappa shape index (κ3) is 4.37. The normalized spacial score (nSPS) is 20.2. The number of aliphatic carboxylic acids is 1. The topological polar surface area (TPSA) is 72.9 Å². The zero-order valence-electron chi connectivity index (χ0n) is 12.8. The van der Waals surface area contributed by atoms with E-state index in [0.29, 0.717) is 25.6 Å². The Morgan fingerprint density at radius 2 is 2.00 bits per heavy atom. The number of amides is 2. The molecule has 0 aliphatic carbocycles. The van der Waals surface area contributed by atoms with E-state index in [2.05, 4.69) is 24.1 Å². The SMILES string of the molecule is CCC[C@H](NC(=O)N1CCC(N(CC)CC)C1)C(=O)O. The van der Waals surface area contributed by atoms with E-state index in [9.17, 15) is 9.59 Å². The molecule has 6 heteroatoms. The number of urea groups is 1. The molecule has 0 aromatic carbocycles. The molecule has 0 aromatic heterocycles. The molecule has 0 saturated carbocycles. The number of hydrogen-bond donors (Lipinski definition) is 2. The van der Waals surface area contributed by atoms with E-state index in [1.54, 1.807) is 4.90 Å². The van der Waals surface area contributed by atoms with Gasteiger partial charge in [0.15, 0.2) is 0 Å². The van der Waals surface area contributed by atoms with Crippen LogP contribution in [0.3, 0.4) is 0 Å². The van der Waals surface area contributed by atoms with Crippen LogP contribution in [0.15, 0.2) is 0 Å². The van der Waals surface area contributed by atoms with Crippen LogP contribution in [0.5, 0.6) is 0 Å². The molecule has 1 aliphatic rings. The molecule has 0 bridgehead atoms. The molecule has 2 N–H and O–H groups in total. The molecule has 1 fully saturated rings. The van der Waals surface area contributed by atoms with Crippen molar-refractivity contribution in [3.05, 3.63) is 0 Å². The lowest BCUT2D eigenvalue weighted by atomic mass is 10.2. The molecule has 0 aromatic rings. The predicted molar refractivity (Wildman–Crippen MR) is 77.8 cm³/mol. The van der Waals surface area contributed by atoms with Crippen molar-refractivity contribution >= 4 is 12.0 Å². The molecule has 0 radical (unpaired) electrons. The summed E-state index contributed by atoms with van der Waals surface area (Å²) in [4.78, 5) is 27.2. The van der Waals surface area contributed by atoms with Crippen molar-refractivity contribution in [3.8, 4) is 0 Å². The van der Waals surface area contributed by atoms with Crippen LogP contribution in [-0.4, -0.2) is 65.2 Å². The number of nitrogens with zero attached hydrogens (tertiary/aromatic N) is 2. The lowest BCUT2D eigenvalue weighted by molar-refractivity contribution is -0.139. The molecule has 1 unspecified atom stereocenters. The summed E-state index contributed by atoms with van der Waals surface area (Å²) in [6, 6.07) is -0.634. The highest BCUT2D eigenvalue weighted by atomic mass is 16.4. The number of likely N-dealkylation sites (tertiary alicyclic amines) is 1. The molecular formula is C14H27N3O3. The number of carbonyl (C=O) groups excluding carboxylic acids is 1. The van der Waals surface area contributed by atoms with Gasteiger partial charge < -0.3 is 15.3 Å². The van der Waals surface area contributed by atoms with E-state index < -0.39 is 12.0 Å². The van der Waals surface area contributed by atoms with Gasteiger partial charge in [0.2, 0.25) is 0 Å². The van der Waals surface area contributed by atoms with Crippen molar-refractivity contribution < 1.29 is 14.7 Å². The number of hydrogen-bond acceptors (Lipinski definition) is 3. The summed E-state index contributed by atoms with van der Waals surface area (Å²) < 4.78 is 0. The Bertz CT molecular complexity index is 332. The standard InChI is InChI=1S/C14H27N3O3/c1-4-7-12(13(18)19)15-14(20)17-9-8-11(10-17)16(5-2)6-3/h11-12H,4-10H2,1-3H3,(H,15,20)(H,18,19)/t11?,12-/m0/s1. The molecule has 20 heavy (non-hydrogen) atoms. The minimum Gasteiger partial charge on any atom is -0.480 e. The van der Waals surface area contributed by atoms with Crippen LogP contribution in [0.1, 0.15) is 40.0 Å². The Morgan fingerprint density at radius 1 is 1.35 bits per heavy atom. The van der Waals surface area contributed by atoms with Crippen molar-refractivity contribution in [2.75, 3.05) is 26.2 Å². The Hall–Kier alpha value is -1.30. The summed E-state index contributed by atoms with van der Waals surface area (Å²) in [5.74, 6) is -0.959. The number of likely N-dealkylation sites (N-methyl/N-ethyl adjacent to an activating group) is 1. The van der Waals surface area contributed by atoms with Gasteiger partial charge in [-0.15, -0.1) is 0 Å². The Kier molecular flexibility index (Phi) is 6.78. The summed E-state index contributed by atoms with van der Waals surface area (Å²) in [5, 5.41) is 11.7. The molecule has 1 aliphatic heterocycles. The van der Waals surface area contributed by atoms with Crippen molar-refractivity contribution in [3.63, 3.8) is 0 Å². The van der Waals surface area contributed by atoms with Crippen LogP contribution in [0, 0.1) is 0 Å². The van der Waals surface area contributed by atoms with E-state index in [1.165, 1.54) is 0 Å². The molecule has 2 atom stereocenters. The Morgan fingerprint density at radius 3 is 2.50 bits per heavy atom. The van der Waals surface area contributed by atoms with Gasteiger partial charge in [-0.05, 0) is 25.9 Å². The zero-order valence-corrected chi connectivity index (χ0v) is 12.8. The quantitative estimate of drug-likeness (QED) is 0.741. The third-order valence-corrected chi connectivity index (χ3v) is 3.95. The number of carboxylic acids is 1. The van der Waals surface area contributed by atoms with Crippen LogP contribution in [-0.2, 0) is 4.79 Å². The van der Waals surface area contributed by atoms with Crippen molar-refractivity contribution in [1.82, 2.24) is 15.1 Å². The average molecular weight is 285 g/mol. The van der Waals surface area contributed by atoms with Crippen LogP contribution in [0.4, 0.5) is 4.79 Å². The molecule has 1 saturated heterocycles. The third-order valence-electron chi connectivity index (χ3n) is 3.95. The first-order valence-corrected chi connectivity index (χ1v) is 7.55. The van der Waals surface area contributed by atoms with Crippen LogP contribution in [0.2, 0.25) is 0 Å². The first-order valence-electron chi connectivity index (χ1n) is 7.55. The van der Waals surface area contributed by atoms with Crippen LogP contribution < -0.4 is 5.32 Å². The fourth-order valence-electron chi connectivity index (χ4n) is 2.75. The van der Waals surface area contributed by atoms with E-state index in [-0.39, 0.29) is 6.03 Å². The van der Waals surface area contributed by atoms with Crippen molar-refractivity contribution in [1.29, 1.82) is 0 Å². The van der Waals surface area contributed by atoms with Gasteiger partial charge in [-0.1, -0.05) is 27.2 Å². The summed E-state index contributed by atoms with van der Waals surface area (Å²) in [5.41, 5.74) is 0. The summed E-state index contributed by atoms with van der Waals surface area (Å²) in [6.45, 7) is 9.49. The van der Waals surface area contributed by atoms with E-state index in [4.69, 9.17) is 5.11 Å². The molecule has 6 nitrogen and oxygen atoms in total. The number of carbonyl (C=O) groups is 2. The summed E-state index contributed by atoms with van der Waals surface area (Å²) in [7, 11) is 0. The average Bonchev–Trinajstić information content (AvgIpc) is 2.89. The number of rotatable bonds is 7. The zero-order chi connectivity index (χ0) is 15.1. The van der Waals surface area contributed by atoms with Gasteiger partial charge >= 0.3 is 12.0 Å². The molecular weight excluding hydrogens is 258 g/mol. The first-order chi connectivity index (χ1) is 9.53. The molecule has 1 rings (SSSR count). The highest BCUT2D eigenvalue weighted by Crippen LogP contribution is 2.15. The minimum atomic E-state index is -0.959. The lowest BCUT2D eigenvalue weighted by Crippen LogP contribution is -2.48. The maximum Gasteiger partial charge on any atom is 0.326 e. The summed E-state index contributed by atoms with van der Waals surface area (Å²) >= 11 is 0. The fraction of sp³-hybridized carbons (Fsp3) is 0.857. The van der Waals surface area contributed by atoms with E-state index in [0.717, 1.165) is 25.9 Å². The maximum atomic E-state index is 12.1. The van der Waals surface area contributed by atoms with Gasteiger partial charge in [0.1, 0.15) is 6.04 Å². The highest BCUT2D eigenvalue weighted by Gasteiger charge is 2.30. The second kappa shape index (κ2) is 8.09. The van der Waals surface area contributed by atoms with E-state index >= 15 is 0 Å².